The Balaban J connectivity index is 1.87. The third-order valence-electron chi connectivity index (χ3n) is 6.10. The van der Waals surface area contributed by atoms with Gasteiger partial charge < -0.3 is 19.5 Å². The van der Waals surface area contributed by atoms with Gasteiger partial charge in [0.25, 0.3) is 5.56 Å². The lowest BCUT2D eigenvalue weighted by atomic mass is 10.1. The van der Waals surface area contributed by atoms with Crippen LogP contribution in [0.3, 0.4) is 0 Å². The summed E-state index contributed by atoms with van der Waals surface area (Å²) < 4.78 is 49.2. The van der Waals surface area contributed by atoms with Crippen LogP contribution in [0.15, 0.2) is 29.3 Å². The monoisotopic (exact) mass is 506 g/mol. The Bertz CT molecular complexity index is 1340. The molecule has 3 aromatic heterocycles. The Labute approximate surface area is 205 Å². The summed E-state index contributed by atoms with van der Waals surface area (Å²) in [5.74, 6) is 0.000896. The second-order valence-corrected chi connectivity index (χ2v) is 9.19. The molecule has 0 aromatic carbocycles. The summed E-state index contributed by atoms with van der Waals surface area (Å²) in [6.07, 6.45) is -1.41. The van der Waals surface area contributed by atoms with E-state index in [1.54, 1.807) is 23.4 Å². The number of pyridine rings is 1. The Morgan fingerprint density at radius 3 is 2.53 bits per heavy atom. The minimum atomic E-state index is -4.66. The molecular formula is C24H29F3N6O3. The van der Waals surface area contributed by atoms with Gasteiger partial charge in [-0.15, -0.1) is 0 Å². The molecular weight excluding hydrogens is 477 g/mol. The highest BCUT2D eigenvalue weighted by Gasteiger charge is 2.40. The molecule has 0 bridgehead atoms. The fourth-order valence-corrected chi connectivity index (χ4v) is 4.27. The maximum atomic E-state index is 13.7. The van der Waals surface area contributed by atoms with Gasteiger partial charge in [0.2, 0.25) is 5.91 Å². The molecule has 1 aliphatic heterocycles. The highest BCUT2D eigenvalue weighted by Crippen LogP contribution is 2.34. The van der Waals surface area contributed by atoms with E-state index >= 15 is 0 Å². The molecule has 1 N–H and O–H groups in total. The number of amides is 1. The predicted octanol–water partition coefficient (Wildman–Crippen LogP) is 3.98. The number of rotatable bonds is 7. The van der Waals surface area contributed by atoms with Crippen molar-refractivity contribution in [3.05, 3.63) is 34.9 Å². The van der Waals surface area contributed by atoms with Crippen LogP contribution in [0, 0.1) is 0 Å². The molecule has 0 spiro atoms. The summed E-state index contributed by atoms with van der Waals surface area (Å²) in [4.78, 5) is 30.7. The Hall–Kier alpha value is -3.41. The number of ether oxygens (including phenoxy) is 1. The first-order valence-electron chi connectivity index (χ1n) is 11.8. The maximum Gasteiger partial charge on any atom is 0.410 e. The summed E-state index contributed by atoms with van der Waals surface area (Å²) in [7, 11) is 0. The second-order valence-electron chi connectivity index (χ2n) is 9.19. The first-order valence-corrected chi connectivity index (χ1v) is 11.8. The molecule has 1 fully saturated rings. The standard InChI is InChI=1S/C24H29F3N6O3/c1-6-31-12-18(17-7-22(29-15(5)34)28-9-21(17)31)19-8-20(32-10-16(11-32)36-13(2)3)23(35)33(30-19)14(4)24(25,26)27/h7-9,12-14,16H,6,10-11H2,1-5H3,(H,28,29,34)/t14-/m0/s1. The molecule has 1 amide bonds. The quantitative estimate of drug-likeness (QED) is 0.521. The number of nitrogens with one attached hydrogen (secondary N) is 1. The van der Waals surface area contributed by atoms with Crippen LogP contribution in [0.1, 0.15) is 40.7 Å². The van der Waals surface area contributed by atoms with E-state index in [2.05, 4.69) is 15.4 Å². The highest BCUT2D eigenvalue weighted by atomic mass is 19.4. The van der Waals surface area contributed by atoms with Gasteiger partial charge in [0.05, 0.1) is 29.6 Å². The van der Waals surface area contributed by atoms with Crippen molar-refractivity contribution in [2.24, 2.45) is 0 Å². The molecule has 4 rings (SSSR count). The third kappa shape index (κ3) is 4.95. The smallest absolute Gasteiger partial charge is 0.372 e. The van der Waals surface area contributed by atoms with E-state index in [1.807, 2.05) is 25.3 Å². The Kier molecular flexibility index (Phi) is 6.82. The average Bonchev–Trinajstić information content (AvgIpc) is 3.13. The molecule has 3 aromatic rings. The average molecular weight is 507 g/mol. The van der Waals surface area contributed by atoms with E-state index in [-0.39, 0.29) is 29.5 Å². The SMILES string of the molecule is CCn1cc(-c2cc(N3CC(OC(C)C)C3)c(=O)n([C@@H](C)C(F)(F)F)n2)c2cc(NC(C)=O)ncc21. The Morgan fingerprint density at radius 2 is 1.94 bits per heavy atom. The van der Waals surface area contributed by atoms with Crippen molar-refractivity contribution < 1.29 is 22.7 Å². The number of halogens is 3. The van der Waals surface area contributed by atoms with Crippen molar-refractivity contribution in [3.8, 4) is 11.3 Å². The van der Waals surface area contributed by atoms with E-state index < -0.39 is 17.8 Å². The molecule has 1 saturated heterocycles. The normalized spacial score (nSPS) is 15.4. The van der Waals surface area contributed by atoms with Crippen molar-refractivity contribution in [3.63, 3.8) is 0 Å². The van der Waals surface area contributed by atoms with Gasteiger partial charge in [-0.3, -0.25) is 9.59 Å². The van der Waals surface area contributed by atoms with Crippen molar-refractivity contribution in [2.45, 2.75) is 65.6 Å². The summed E-state index contributed by atoms with van der Waals surface area (Å²) in [5, 5.41) is 7.44. The lowest BCUT2D eigenvalue weighted by molar-refractivity contribution is -0.166. The summed E-state index contributed by atoms with van der Waals surface area (Å²) in [5.41, 5.74) is 0.785. The van der Waals surface area contributed by atoms with Crippen LogP contribution in [0.2, 0.25) is 0 Å². The van der Waals surface area contributed by atoms with Gasteiger partial charge >= 0.3 is 6.18 Å². The number of nitrogens with zero attached hydrogens (tertiary/aromatic N) is 5. The molecule has 194 valence electrons. The van der Waals surface area contributed by atoms with Gasteiger partial charge in [-0.05, 0) is 39.8 Å². The number of alkyl halides is 3. The predicted molar refractivity (Wildman–Crippen MR) is 130 cm³/mol. The van der Waals surface area contributed by atoms with E-state index in [0.29, 0.717) is 41.1 Å². The van der Waals surface area contributed by atoms with E-state index in [0.717, 1.165) is 12.4 Å². The van der Waals surface area contributed by atoms with Gasteiger partial charge in [-0.25, -0.2) is 9.67 Å². The van der Waals surface area contributed by atoms with Gasteiger partial charge in [-0.1, -0.05) is 0 Å². The molecule has 0 aliphatic carbocycles. The summed E-state index contributed by atoms with van der Waals surface area (Å²) >= 11 is 0. The number of hydrogen-bond acceptors (Lipinski definition) is 6. The fourth-order valence-electron chi connectivity index (χ4n) is 4.27. The zero-order chi connectivity index (χ0) is 26.4. The van der Waals surface area contributed by atoms with Crippen molar-refractivity contribution >= 4 is 28.3 Å². The maximum absolute atomic E-state index is 13.7. The van der Waals surface area contributed by atoms with Gasteiger partial charge in [0.15, 0.2) is 0 Å². The zero-order valence-electron chi connectivity index (χ0n) is 20.8. The number of anilines is 2. The topological polar surface area (TPSA) is 94.3 Å². The summed E-state index contributed by atoms with van der Waals surface area (Å²) in [6.45, 7) is 9.36. The largest absolute Gasteiger partial charge is 0.410 e. The number of fused-ring (bicyclic) bond motifs is 1. The van der Waals surface area contributed by atoms with Gasteiger partial charge in [-0.2, -0.15) is 18.3 Å². The molecule has 36 heavy (non-hydrogen) atoms. The number of hydrogen-bond donors (Lipinski definition) is 1. The van der Waals surface area contributed by atoms with Crippen molar-refractivity contribution in [1.82, 2.24) is 19.3 Å². The number of carbonyl (C=O) groups is 1. The van der Waals surface area contributed by atoms with Crippen LogP contribution in [0.5, 0.6) is 0 Å². The van der Waals surface area contributed by atoms with Crippen molar-refractivity contribution in [2.75, 3.05) is 23.3 Å². The zero-order valence-corrected chi connectivity index (χ0v) is 20.8. The third-order valence-corrected chi connectivity index (χ3v) is 6.10. The summed E-state index contributed by atoms with van der Waals surface area (Å²) in [6, 6.07) is 1.06. The second kappa shape index (κ2) is 9.57. The van der Waals surface area contributed by atoms with Crippen molar-refractivity contribution in [1.29, 1.82) is 0 Å². The first kappa shape index (κ1) is 25.7. The van der Waals surface area contributed by atoms with Crippen LogP contribution in [0.25, 0.3) is 22.2 Å². The lowest BCUT2D eigenvalue weighted by Gasteiger charge is -2.41. The molecule has 1 aliphatic rings. The van der Waals surface area contributed by atoms with E-state index in [9.17, 15) is 22.8 Å². The molecule has 0 saturated carbocycles. The highest BCUT2D eigenvalue weighted by molar-refractivity contribution is 5.98. The molecule has 9 nitrogen and oxygen atoms in total. The van der Waals surface area contributed by atoms with Crippen LogP contribution >= 0.6 is 0 Å². The van der Waals surface area contributed by atoms with Gasteiger partial charge in [0.1, 0.15) is 17.5 Å². The van der Waals surface area contributed by atoms with Crippen LogP contribution in [0.4, 0.5) is 24.7 Å². The van der Waals surface area contributed by atoms with Crippen LogP contribution < -0.4 is 15.8 Å². The van der Waals surface area contributed by atoms with Crippen LogP contribution in [-0.4, -0.2) is 56.7 Å². The number of aromatic nitrogens is 4. The van der Waals surface area contributed by atoms with Crippen LogP contribution in [-0.2, 0) is 16.1 Å². The molecule has 1 atom stereocenters. The molecule has 0 unspecified atom stereocenters. The number of aryl methyl sites for hydroxylation is 1. The van der Waals surface area contributed by atoms with E-state index in [1.165, 1.54) is 13.0 Å². The first-order chi connectivity index (χ1) is 16.9. The minimum absolute atomic E-state index is 0.00125. The molecule has 12 heteroatoms. The fraction of sp³-hybridized carbons (Fsp3) is 0.500. The molecule has 0 radical (unpaired) electrons. The Morgan fingerprint density at radius 1 is 1.25 bits per heavy atom. The van der Waals surface area contributed by atoms with E-state index in [4.69, 9.17) is 4.74 Å². The number of carbonyl (C=O) groups excluding carboxylic acids is 1. The lowest BCUT2D eigenvalue weighted by Crippen LogP contribution is -2.55. The van der Waals surface area contributed by atoms with Gasteiger partial charge in [0, 0.05) is 43.7 Å². The minimum Gasteiger partial charge on any atom is -0.372 e. The molecule has 4 heterocycles.